The molecule has 0 aliphatic heterocycles. The van der Waals surface area contributed by atoms with Crippen LogP contribution in [0.25, 0.3) is 0 Å². The molecule has 0 radical (unpaired) electrons. The van der Waals surface area contributed by atoms with Gasteiger partial charge in [0.1, 0.15) is 0 Å². The van der Waals surface area contributed by atoms with E-state index in [4.69, 9.17) is 5.73 Å². The summed E-state index contributed by atoms with van der Waals surface area (Å²) in [4.78, 5) is 0. The van der Waals surface area contributed by atoms with E-state index >= 15 is 0 Å². The summed E-state index contributed by atoms with van der Waals surface area (Å²) in [5.74, 6) is 1.19. The molecule has 1 aromatic carbocycles. The first-order chi connectivity index (χ1) is 7.22. The minimum absolute atomic E-state index is 0.524. The molecule has 1 heteroatoms. The average molecular weight is 205 g/mol. The first kappa shape index (κ1) is 12.3. The van der Waals surface area contributed by atoms with Gasteiger partial charge in [0.25, 0.3) is 0 Å². The maximum Gasteiger partial charge on any atom is -0.000834 e. The van der Waals surface area contributed by atoms with Crippen LogP contribution in [0, 0.1) is 0 Å². The van der Waals surface area contributed by atoms with Crippen molar-refractivity contribution >= 4 is 0 Å². The Kier molecular flexibility index (Phi) is 4.83. The van der Waals surface area contributed by atoms with E-state index in [1.54, 1.807) is 0 Å². The van der Waals surface area contributed by atoms with Crippen molar-refractivity contribution in [2.45, 2.75) is 45.4 Å². The second kappa shape index (κ2) is 5.92. The van der Waals surface area contributed by atoms with Crippen LogP contribution in [-0.2, 0) is 0 Å². The number of rotatable bonds is 5. The number of nitrogens with two attached hydrogens (primary N) is 1. The highest BCUT2D eigenvalue weighted by atomic mass is 14.5. The molecule has 0 fully saturated rings. The molecule has 0 amide bonds. The maximum absolute atomic E-state index is 5.74. The topological polar surface area (TPSA) is 26.0 Å². The van der Waals surface area contributed by atoms with Gasteiger partial charge in [0.2, 0.25) is 0 Å². The Morgan fingerprint density at radius 2 is 1.53 bits per heavy atom. The van der Waals surface area contributed by atoms with Gasteiger partial charge in [-0.2, -0.15) is 0 Å². The summed E-state index contributed by atoms with van der Waals surface area (Å²) in [7, 11) is 0. The highest BCUT2D eigenvalue weighted by Crippen LogP contribution is 2.23. The molecule has 1 rings (SSSR count). The normalized spacial score (nSPS) is 14.9. The Bertz CT molecular complexity index is 272. The third-order valence-corrected chi connectivity index (χ3v) is 3.37. The van der Waals surface area contributed by atoms with E-state index in [1.165, 1.54) is 17.5 Å². The molecule has 0 spiro atoms. The van der Waals surface area contributed by atoms with Gasteiger partial charge in [-0.15, -0.1) is 0 Å². The molecule has 0 heterocycles. The van der Waals surface area contributed by atoms with Crippen LogP contribution >= 0.6 is 0 Å². The molecule has 2 unspecified atom stereocenters. The number of benzene rings is 1. The van der Waals surface area contributed by atoms with Gasteiger partial charge in [-0.05, 0) is 42.3 Å². The fourth-order valence-electron chi connectivity index (χ4n) is 1.87. The molecular formula is C14H23N. The van der Waals surface area contributed by atoms with E-state index in [2.05, 4.69) is 45.0 Å². The van der Waals surface area contributed by atoms with Crippen LogP contribution in [0.15, 0.2) is 24.3 Å². The first-order valence-electron chi connectivity index (χ1n) is 6.02. The van der Waals surface area contributed by atoms with E-state index in [-0.39, 0.29) is 0 Å². The lowest BCUT2D eigenvalue weighted by molar-refractivity contribution is 0.672. The van der Waals surface area contributed by atoms with Crippen LogP contribution in [0.5, 0.6) is 0 Å². The second-order valence-electron chi connectivity index (χ2n) is 4.32. The van der Waals surface area contributed by atoms with Gasteiger partial charge >= 0.3 is 0 Å². The first-order valence-corrected chi connectivity index (χ1v) is 6.02. The SMILES string of the molecule is CCC(C)c1ccc(C(CC)CN)cc1. The lowest BCUT2D eigenvalue weighted by Gasteiger charge is -2.14. The lowest BCUT2D eigenvalue weighted by Crippen LogP contribution is -2.11. The zero-order chi connectivity index (χ0) is 11.3. The monoisotopic (exact) mass is 205 g/mol. The van der Waals surface area contributed by atoms with E-state index < -0.39 is 0 Å². The van der Waals surface area contributed by atoms with Crippen molar-refractivity contribution < 1.29 is 0 Å². The maximum atomic E-state index is 5.74. The molecule has 0 bridgehead atoms. The smallest absolute Gasteiger partial charge is 0.000834 e. The summed E-state index contributed by atoms with van der Waals surface area (Å²) >= 11 is 0. The molecular weight excluding hydrogens is 182 g/mol. The predicted molar refractivity (Wildman–Crippen MR) is 67.2 cm³/mol. The molecule has 2 N–H and O–H groups in total. The quantitative estimate of drug-likeness (QED) is 0.780. The molecule has 2 atom stereocenters. The Balaban J connectivity index is 2.79. The van der Waals surface area contributed by atoms with Gasteiger partial charge in [0, 0.05) is 0 Å². The minimum atomic E-state index is 0.524. The van der Waals surface area contributed by atoms with Gasteiger partial charge in [-0.1, -0.05) is 45.0 Å². The molecule has 0 aliphatic carbocycles. The standard InChI is InChI=1S/C14H23N/c1-4-11(3)13-6-8-14(9-7-13)12(5-2)10-15/h6-9,11-12H,4-5,10,15H2,1-3H3. The zero-order valence-corrected chi connectivity index (χ0v) is 10.2. The summed E-state index contributed by atoms with van der Waals surface area (Å²) in [6.45, 7) is 7.45. The van der Waals surface area contributed by atoms with E-state index in [1.807, 2.05) is 0 Å². The van der Waals surface area contributed by atoms with E-state index in [9.17, 15) is 0 Å². The third kappa shape index (κ3) is 3.07. The molecule has 0 saturated carbocycles. The van der Waals surface area contributed by atoms with E-state index in [0.29, 0.717) is 11.8 Å². The van der Waals surface area contributed by atoms with Crippen molar-refractivity contribution in [3.05, 3.63) is 35.4 Å². The van der Waals surface area contributed by atoms with Gasteiger partial charge in [-0.3, -0.25) is 0 Å². The highest BCUT2D eigenvalue weighted by molar-refractivity contribution is 5.27. The van der Waals surface area contributed by atoms with Crippen LogP contribution in [0.3, 0.4) is 0 Å². The number of hydrogen-bond acceptors (Lipinski definition) is 1. The van der Waals surface area contributed by atoms with Gasteiger partial charge in [0.15, 0.2) is 0 Å². The van der Waals surface area contributed by atoms with Crippen LogP contribution in [-0.4, -0.2) is 6.54 Å². The second-order valence-corrected chi connectivity index (χ2v) is 4.32. The fourth-order valence-corrected chi connectivity index (χ4v) is 1.87. The van der Waals surface area contributed by atoms with Crippen molar-refractivity contribution in [1.82, 2.24) is 0 Å². The summed E-state index contributed by atoms with van der Waals surface area (Å²) < 4.78 is 0. The van der Waals surface area contributed by atoms with Gasteiger partial charge < -0.3 is 5.73 Å². The molecule has 1 nitrogen and oxygen atoms in total. The summed E-state index contributed by atoms with van der Waals surface area (Å²) in [6, 6.07) is 8.98. The fraction of sp³-hybridized carbons (Fsp3) is 0.571. The average Bonchev–Trinajstić information content (AvgIpc) is 2.30. The summed E-state index contributed by atoms with van der Waals surface area (Å²) in [5, 5.41) is 0. The lowest BCUT2D eigenvalue weighted by atomic mass is 9.92. The molecule has 15 heavy (non-hydrogen) atoms. The number of hydrogen-bond donors (Lipinski definition) is 1. The molecule has 0 aliphatic rings. The summed E-state index contributed by atoms with van der Waals surface area (Å²) in [6.07, 6.45) is 2.33. The van der Waals surface area contributed by atoms with Crippen LogP contribution in [0.1, 0.15) is 56.6 Å². The molecule has 0 saturated heterocycles. The molecule has 0 aromatic heterocycles. The van der Waals surface area contributed by atoms with Crippen molar-refractivity contribution in [1.29, 1.82) is 0 Å². The Morgan fingerprint density at radius 3 is 1.93 bits per heavy atom. The van der Waals surface area contributed by atoms with Crippen LogP contribution in [0.2, 0.25) is 0 Å². The van der Waals surface area contributed by atoms with E-state index in [0.717, 1.165) is 13.0 Å². The highest BCUT2D eigenvalue weighted by Gasteiger charge is 2.08. The van der Waals surface area contributed by atoms with Crippen molar-refractivity contribution in [2.75, 3.05) is 6.54 Å². The third-order valence-electron chi connectivity index (χ3n) is 3.37. The van der Waals surface area contributed by atoms with Gasteiger partial charge in [-0.25, -0.2) is 0 Å². The van der Waals surface area contributed by atoms with Crippen LogP contribution < -0.4 is 5.73 Å². The largest absolute Gasteiger partial charge is 0.330 e. The van der Waals surface area contributed by atoms with Crippen molar-refractivity contribution in [3.63, 3.8) is 0 Å². The molecule has 1 aromatic rings. The molecule has 84 valence electrons. The predicted octanol–water partition coefficient (Wildman–Crippen LogP) is 3.65. The zero-order valence-electron chi connectivity index (χ0n) is 10.2. The van der Waals surface area contributed by atoms with Crippen molar-refractivity contribution in [2.24, 2.45) is 5.73 Å². The van der Waals surface area contributed by atoms with Crippen molar-refractivity contribution in [3.8, 4) is 0 Å². The Hall–Kier alpha value is -0.820. The Morgan fingerprint density at radius 1 is 1.00 bits per heavy atom. The summed E-state index contributed by atoms with van der Waals surface area (Å²) in [5.41, 5.74) is 8.56. The minimum Gasteiger partial charge on any atom is -0.330 e. The van der Waals surface area contributed by atoms with Crippen LogP contribution in [0.4, 0.5) is 0 Å². The Labute approximate surface area is 93.7 Å². The van der Waals surface area contributed by atoms with Gasteiger partial charge in [0.05, 0.1) is 0 Å².